The van der Waals surface area contributed by atoms with Crippen LogP contribution in [0.5, 0.6) is 0 Å². The van der Waals surface area contributed by atoms with Gasteiger partial charge in [-0.25, -0.2) is 0 Å². The van der Waals surface area contributed by atoms with Crippen molar-refractivity contribution in [1.29, 1.82) is 0 Å². The summed E-state index contributed by atoms with van der Waals surface area (Å²) in [6, 6.07) is 0. The molecule has 0 saturated heterocycles. The van der Waals surface area contributed by atoms with E-state index in [0.29, 0.717) is 0 Å². The lowest BCUT2D eigenvalue weighted by molar-refractivity contribution is 0.152. The van der Waals surface area contributed by atoms with Gasteiger partial charge in [-0.15, -0.1) is 6.58 Å². The molecular weight excluding hydrogens is 204 g/mol. The molecule has 0 amide bonds. The number of hydrogen-bond donors (Lipinski definition) is 0. The van der Waals surface area contributed by atoms with Gasteiger partial charge in [-0.3, -0.25) is 0 Å². The van der Waals surface area contributed by atoms with E-state index < -0.39 is 0 Å². The van der Waals surface area contributed by atoms with Gasteiger partial charge in [0, 0.05) is 0 Å². The normalized spacial score (nSPS) is 38.9. The second kappa shape index (κ2) is 6.61. The average Bonchev–Trinajstić information content (AvgIpc) is 2.40. The molecule has 0 aromatic carbocycles. The Labute approximate surface area is 108 Å². The number of hydrogen-bond acceptors (Lipinski definition) is 0. The molecule has 0 radical (unpaired) electrons. The molecular formula is C17H30. The van der Waals surface area contributed by atoms with Crippen molar-refractivity contribution in [1.82, 2.24) is 0 Å². The molecule has 2 fully saturated rings. The molecule has 0 atom stereocenters. The molecule has 0 aliphatic heterocycles. The van der Waals surface area contributed by atoms with Crippen LogP contribution in [0.4, 0.5) is 0 Å². The Balaban J connectivity index is 1.72. The zero-order chi connectivity index (χ0) is 12.1. The largest absolute Gasteiger partial charge is 0.103 e. The van der Waals surface area contributed by atoms with E-state index in [1.807, 2.05) is 0 Å². The topological polar surface area (TPSA) is 0 Å². The van der Waals surface area contributed by atoms with Gasteiger partial charge >= 0.3 is 0 Å². The SMILES string of the molecule is C=CC1CCC(C2CCC(CCC)CC2)CC1. The Morgan fingerprint density at radius 1 is 0.882 bits per heavy atom. The van der Waals surface area contributed by atoms with Crippen molar-refractivity contribution < 1.29 is 0 Å². The predicted molar refractivity (Wildman–Crippen MR) is 76.0 cm³/mol. The maximum Gasteiger partial charge on any atom is -0.0236 e. The zero-order valence-electron chi connectivity index (χ0n) is 11.7. The van der Waals surface area contributed by atoms with Crippen molar-refractivity contribution in [3.05, 3.63) is 12.7 Å². The molecule has 0 aromatic heterocycles. The first kappa shape index (κ1) is 13.2. The van der Waals surface area contributed by atoms with Gasteiger partial charge in [-0.1, -0.05) is 38.7 Å². The minimum atomic E-state index is 0.836. The Morgan fingerprint density at radius 2 is 1.41 bits per heavy atom. The van der Waals surface area contributed by atoms with Gasteiger partial charge in [0.05, 0.1) is 0 Å². The molecule has 0 aromatic rings. The van der Waals surface area contributed by atoms with Gasteiger partial charge in [0.25, 0.3) is 0 Å². The van der Waals surface area contributed by atoms with Gasteiger partial charge in [0.2, 0.25) is 0 Å². The third-order valence-corrected chi connectivity index (χ3v) is 5.40. The molecule has 0 bridgehead atoms. The third-order valence-electron chi connectivity index (χ3n) is 5.40. The van der Waals surface area contributed by atoms with Crippen LogP contribution in [0, 0.1) is 23.7 Å². The van der Waals surface area contributed by atoms with Crippen molar-refractivity contribution in [2.45, 2.75) is 71.1 Å². The van der Waals surface area contributed by atoms with E-state index in [4.69, 9.17) is 0 Å². The molecule has 0 heterocycles. The van der Waals surface area contributed by atoms with Gasteiger partial charge in [-0.2, -0.15) is 0 Å². The van der Waals surface area contributed by atoms with Gasteiger partial charge in [-0.05, 0) is 62.2 Å². The van der Waals surface area contributed by atoms with Crippen LogP contribution in [-0.2, 0) is 0 Å². The highest BCUT2D eigenvalue weighted by Crippen LogP contribution is 2.42. The summed E-state index contributed by atoms with van der Waals surface area (Å²) in [5, 5.41) is 0. The fourth-order valence-corrected chi connectivity index (χ4v) is 4.21. The zero-order valence-corrected chi connectivity index (χ0v) is 11.7. The second-order valence-corrected chi connectivity index (χ2v) is 6.48. The lowest BCUT2D eigenvalue weighted by atomic mass is 9.69. The average molecular weight is 234 g/mol. The summed E-state index contributed by atoms with van der Waals surface area (Å²) in [6.07, 6.45) is 17.0. The van der Waals surface area contributed by atoms with Crippen LogP contribution in [0.25, 0.3) is 0 Å². The number of allylic oxidation sites excluding steroid dienone is 1. The van der Waals surface area contributed by atoms with Crippen LogP contribution in [0.3, 0.4) is 0 Å². The first-order valence-electron chi connectivity index (χ1n) is 7.96. The predicted octanol–water partition coefficient (Wildman–Crippen LogP) is 5.59. The Hall–Kier alpha value is -0.260. The fourth-order valence-electron chi connectivity index (χ4n) is 4.21. The van der Waals surface area contributed by atoms with Crippen LogP contribution in [0.1, 0.15) is 71.1 Å². The van der Waals surface area contributed by atoms with E-state index in [2.05, 4.69) is 19.6 Å². The van der Waals surface area contributed by atoms with E-state index in [-0.39, 0.29) is 0 Å². The summed E-state index contributed by atoms with van der Waals surface area (Å²) in [5.41, 5.74) is 0. The molecule has 0 N–H and O–H groups in total. The monoisotopic (exact) mass is 234 g/mol. The quantitative estimate of drug-likeness (QED) is 0.557. The third kappa shape index (κ3) is 3.60. The lowest BCUT2D eigenvalue weighted by Gasteiger charge is -2.37. The van der Waals surface area contributed by atoms with E-state index in [9.17, 15) is 0 Å². The fraction of sp³-hybridized carbons (Fsp3) is 0.882. The van der Waals surface area contributed by atoms with Crippen molar-refractivity contribution >= 4 is 0 Å². The van der Waals surface area contributed by atoms with Crippen molar-refractivity contribution in [2.75, 3.05) is 0 Å². The minimum absolute atomic E-state index is 0.836. The van der Waals surface area contributed by atoms with E-state index in [0.717, 1.165) is 23.7 Å². The standard InChI is InChI=1S/C17H30/c1-3-5-15-8-12-17(13-9-15)16-10-6-14(4-2)7-11-16/h4,14-17H,2-3,5-13H2,1H3. The van der Waals surface area contributed by atoms with Gasteiger partial charge in [0.15, 0.2) is 0 Å². The molecule has 2 saturated carbocycles. The summed E-state index contributed by atoms with van der Waals surface area (Å²) < 4.78 is 0. The molecule has 0 nitrogen and oxygen atoms in total. The highest BCUT2D eigenvalue weighted by molar-refractivity contribution is 4.87. The molecule has 0 unspecified atom stereocenters. The first-order chi connectivity index (χ1) is 8.33. The Kier molecular flexibility index (Phi) is 5.13. The lowest BCUT2D eigenvalue weighted by Crippen LogP contribution is -2.25. The minimum Gasteiger partial charge on any atom is -0.103 e. The van der Waals surface area contributed by atoms with Crippen LogP contribution in [-0.4, -0.2) is 0 Å². The molecule has 0 spiro atoms. The van der Waals surface area contributed by atoms with Gasteiger partial charge < -0.3 is 0 Å². The van der Waals surface area contributed by atoms with Crippen LogP contribution in [0.15, 0.2) is 12.7 Å². The highest BCUT2D eigenvalue weighted by atomic mass is 14.3. The molecule has 2 rings (SSSR count). The molecule has 0 heteroatoms. The Bertz CT molecular complexity index is 214. The maximum absolute atomic E-state index is 3.95. The van der Waals surface area contributed by atoms with Crippen molar-refractivity contribution in [2.24, 2.45) is 23.7 Å². The summed E-state index contributed by atoms with van der Waals surface area (Å²) in [4.78, 5) is 0. The van der Waals surface area contributed by atoms with E-state index in [1.54, 1.807) is 0 Å². The second-order valence-electron chi connectivity index (χ2n) is 6.48. The molecule has 2 aliphatic carbocycles. The van der Waals surface area contributed by atoms with Crippen molar-refractivity contribution in [3.8, 4) is 0 Å². The molecule has 17 heavy (non-hydrogen) atoms. The molecule has 2 aliphatic rings. The number of rotatable bonds is 4. The molecule has 98 valence electrons. The van der Waals surface area contributed by atoms with Crippen LogP contribution >= 0.6 is 0 Å². The maximum atomic E-state index is 3.95. The first-order valence-corrected chi connectivity index (χ1v) is 7.96. The van der Waals surface area contributed by atoms with Gasteiger partial charge in [0.1, 0.15) is 0 Å². The van der Waals surface area contributed by atoms with E-state index in [1.165, 1.54) is 64.2 Å². The summed E-state index contributed by atoms with van der Waals surface area (Å²) in [5.74, 6) is 4.05. The summed E-state index contributed by atoms with van der Waals surface area (Å²) >= 11 is 0. The summed E-state index contributed by atoms with van der Waals surface area (Å²) in [7, 11) is 0. The smallest absolute Gasteiger partial charge is 0.0236 e. The van der Waals surface area contributed by atoms with Crippen LogP contribution in [0.2, 0.25) is 0 Å². The van der Waals surface area contributed by atoms with E-state index >= 15 is 0 Å². The summed E-state index contributed by atoms with van der Waals surface area (Å²) in [6.45, 7) is 6.29. The van der Waals surface area contributed by atoms with Crippen LogP contribution < -0.4 is 0 Å². The van der Waals surface area contributed by atoms with Crippen molar-refractivity contribution in [3.63, 3.8) is 0 Å². The highest BCUT2D eigenvalue weighted by Gasteiger charge is 2.29. The Morgan fingerprint density at radius 3 is 1.88 bits per heavy atom.